The van der Waals surface area contributed by atoms with Gasteiger partial charge in [-0.15, -0.1) is 17.0 Å². The number of unbranched alkanes of at least 4 members (excludes halogenated alkanes) is 5. The Morgan fingerprint density at radius 2 is 0.829 bits per heavy atom. The van der Waals surface area contributed by atoms with E-state index >= 15 is 0 Å². The van der Waals surface area contributed by atoms with Crippen molar-refractivity contribution in [2.24, 2.45) is 0 Å². The first kappa shape index (κ1) is 27.4. The zero-order chi connectivity index (χ0) is 23.6. The van der Waals surface area contributed by atoms with Crippen molar-refractivity contribution < 1.29 is 0 Å². The van der Waals surface area contributed by atoms with Gasteiger partial charge < -0.3 is 0 Å². The minimum atomic E-state index is -2.81. The second-order valence-corrected chi connectivity index (χ2v) is 15.0. The molecule has 0 aliphatic carbocycles. The predicted octanol–water partition coefficient (Wildman–Crippen LogP) is 8.65. The molecule has 0 amide bonds. The van der Waals surface area contributed by atoms with Gasteiger partial charge in [0.25, 0.3) is 0 Å². The third-order valence-corrected chi connectivity index (χ3v) is 14.5. The first-order chi connectivity index (χ1) is 16.8. The molecule has 0 heterocycles. The summed E-state index contributed by atoms with van der Waals surface area (Å²) < 4.78 is 0. The van der Waals surface area contributed by atoms with E-state index in [-0.39, 0.29) is 17.0 Å². The van der Waals surface area contributed by atoms with E-state index in [2.05, 4.69) is 128 Å². The SMILES string of the molecule is Br.CCCCCCCCP(Cc1ccccc1)(c1ccccc1)(c1ccccc1)c1ccccc1. The molecule has 0 radical (unpaired) electrons. The predicted molar refractivity (Wildman–Crippen MR) is 164 cm³/mol. The Labute approximate surface area is 223 Å². The van der Waals surface area contributed by atoms with Crippen molar-refractivity contribution in [2.45, 2.75) is 51.6 Å². The van der Waals surface area contributed by atoms with Crippen LogP contribution in [0, 0.1) is 0 Å². The molecular weight excluding hydrogens is 507 g/mol. The fraction of sp³-hybridized carbons (Fsp3) is 0.273. The zero-order valence-electron chi connectivity index (χ0n) is 21.1. The van der Waals surface area contributed by atoms with E-state index in [0.717, 1.165) is 6.16 Å². The zero-order valence-corrected chi connectivity index (χ0v) is 23.7. The summed E-state index contributed by atoms with van der Waals surface area (Å²) in [4.78, 5) is 0. The molecule has 0 spiro atoms. The Morgan fingerprint density at radius 1 is 0.457 bits per heavy atom. The fourth-order valence-electron chi connectivity index (χ4n) is 5.78. The van der Waals surface area contributed by atoms with E-state index in [1.165, 1.54) is 66.2 Å². The molecule has 0 fully saturated rings. The maximum absolute atomic E-state index is 2.81. The molecule has 0 aromatic heterocycles. The summed E-state index contributed by atoms with van der Waals surface area (Å²) in [7, 11) is 0. The number of benzene rings is 4. The summed E-state index contributed by atoms with van der Waals surface area (Å²) in [5.41, 5.74) is 1.43. The van der Waals surface area contributed by atoms with Crippen molar-refractivity contribution in [3.63, 3.8) is 0 Å². The van der Waals surface area contributed by atoms with Crippen molar-refractivity contribution in [1.29, 1.82) is 0 Å². The number of halogens is 1. The molecule has 0 N–H and O–H groups in total. The van der Waals surface area contributed by atoms with Crippen LogP contribution in [-0.4, -0.2) is 6.16 Å². The van der Waals surface area contributed by atoms with Crippen LogP contribution in [0.15, 0.2) is 121 Å². The topological polar surface area (TPSA) is 0 Å². The Hall–Kier alpha value is -2.21. The maximum atomic E-state index is 2.41. The molecular formula is C33H40BrP. The van der Waals surface area contributed by atoms with E-state index in [4.69, 9.17) is 0 Å². The van der Waals surface area contributed by atoms with Gasteiger partial charge in [-0.05, 0) is 0 Å². The van der Waals surface area contributed by atoms with Crippen LogP contribution >= 0.6 is 23.6 Å². The van der Waals surface area contributed by atoms with Crippen molar-refractivity contribution in [3.8, 4) is 0 Å². The number of hydrogen-bond donors (Lipinski definition) is 0. The summed E-state index contributed by atoms with van der Waals surface area (Å²) >= 11 is 0. The monoisotopic (exact) mass is 546 g/mol. The van der Waals surface area contributed by atoms with Gasteiger partial charge in [0.05, 0.1) is 0 Å². The van der Waals surface area contributed by atoms with Crippen LogP contribution in [-0.2, 0) is 6.16 Å². The molecule has 4 aromatic carbocycles. The Balaban J connectivity index is 0.00000342. The molecule has 2 heteroatoms. The molecule has 4 rings (SSSR count). The van der Waals surface area contributed by atoms with Crippen LogP contribution in [0.1, 0.15) is 51.0 Å². The molecule has 0 atom stereocenters. The van der Waals surface area contributed by atoms with Gasteiger partial charge in [-0.2, -0.15) is 0 Å². The summed E-state index contributed by atoms with van der Waals surface area (Å²) in [6.45, 7) is -0.510. The first-order valence-corrected chi connectivity index (χ1v) is 15.6. The van der Waals surface area contributed by atoms with E-state index in [1.807, 2.05) is 0 Å². The van der Waals surface area contributed by atoms with Gasteiger partial charge in [-0.25, -0.2) is 0 Å². The van der Waals surface area contributed by atoms with E-state index in [1.54, 1.807) is 0 Å². The van der Waals surface area contributed by atoms with Crippen LogP contribution in [0.4, 0.5) is 0 Å². The average molecular weight is 548 g/mol. The van der Waals surface area contributed by atoms with Crippen molar-refractivity contribution >= 4 is 39.5 Å². The van der Waals surface area contributed by atoms with Crippen LogP contribution in [0.25, 0.3) is 0 Å². The molecule has 0 unspecified atom stereocenters. The summed E-state index contributed by atoms with van der Waals surface area (Å²) in [5, 5.41) is 4.55. The second-order valence-electron chi connectivity index (χ2n) is 9.65. The van der Waals surface area contributed by atoms with E-state index in [0.29, 0.717) is 0 Å². The molecule has 184 valence electrons. The van der Waals surface area contributed by atoms with Crippen LogP contribution < -0.4 is 15.9 Å². The molecule has 0 bridgehead atoms. The van der Waals surface area contributed by atoms with Crippen molar-refractivity contribution in [1.82, 2.24) is 0 Å². The van der Waals surface area contributed by atoms with Gasteiger partial charge in [-0.1, -0.05) is 0 Å². The summed E-state index contributed by atoms with van der Waals surface area (Å²) in [6.07, 6.45) is 10.2. The molecule has 0 aliphatic rings. The molecule has 35 heavy (non-hydrogen) atoms. The second kappa shape index (κ2) is 13.2. The molecule has 4 aromatic rings. The third kappa shape index (κ3) is 5.79. The standard InChI is InChI=1S/C33H39P.BrH/c1-2-3-4-5-6-19-28-34(31-22-13-8-14-23-31,32-24-15-9-16-25-32,33-26-17-10-18-27-33)29-30-20-11-7-12-21-30;/h7-18,20-27H,2-6,19,28-29H2,1H3;1H. The summed E-state index contributed by atoms with van der Waals surface area (Å²) in [5.74, 6) is 0. The van der Waals surface area contributed by atoms with Gasteiger partial charge in [0.2, 0.25) is 0 Å². The molecule has 0 saturated carbocycles. The molecule has 0 saturated heterocycles. The number of hydrogen-bond acceptors (Lipinski definition) is 0. The summed E-state index contributed by atoms with van der Waals surface area (Å²) in [6, 6.07) is 45.7. The van der Waals surface area contributed by atoms with Crippen LogP contribution in [0.3, 0.4) is 0 Å². The normalized spacial score (nSPS) is 12.3. The third-order valence-electron chi connectivity index (χ3n) is 7.52. The first-order valence-electron chi connectivity index (χ1n) is 13.0. The minimum absolute atomic E-state index is 0. The van der Waals surface area contributed by atoms with Crippen molar-refractivity contribution in [3.05, 3.63) is 127 Å². The Morgan fingerprint density at radius 3 is 1.26 bits per heavy atom. The quantitative estimate of drug-likeness (QED) is 0.123. The Bertz CT molecular complexity index is 1010. The van der Waals surface area contributed by atoms with Crippen LogP contribution in [0.2, 0.25) is 0 Å². The van der Waals surface area contributed by atoms with Crippen LogP contribution in [0.5, 0.6) is 0 Å². The van der Waals surface area contributed by atoms with Crippen molar-refractivity contribution in [2.75, 3.05) is 6.16 Å². The molecule has 0 aliphatic heterocycles. The molecule has 0 nitrogen and oxygen atoms in total. The van der Waals surface area contributed by atoms with Gasteiger partial charge in [0.1, 0.15) is 0 Å². The van der Waals surface area contributed by atoms with Gasteiger partial charge in [-0.3, -0.25) is 0 Å². The fourth-order valence-corrected chi connectivity index (χ4v) is 12.8. The average Bonchev–Trinajstić information content (AvgIpc) is 2.92. The van der Waals surface area contributed by atoms with Gasteiger partial charge in [0.15, 0.2) is 0 Å². The van der Waals surface area contributed by atoms with Gasteiger partial charge >= 0.3 is 207 Å². The number of rotatable bonds is 12. The Kier molecular flexibility index (Phi) is 10.3. The van der Waals surface area contributed by atoms with E-state index in [9.17, 15) is 0 Å². The van der Waals surface area contributed by atoms with E-state index < -0.39 is 6.60 Å². The van der Waals surface area contributed by atoms with Gasteiger partial charge in [0, 0.05) is 0 Å².